The number of rotatable bonds is 5. The monoisotopic (exact) mass is 363 g/mol. The van der Waals surface area contributed by atoms with Gasteiger partial charge in [0.1, 0.15) is 15.8 Å². The Labute approximate surface area is 157 Å². The number of aryl methyl sites for hydroxylation is 1. The van der Waals surface area contributed by atoms with Crippen LogP contribution in [0.15, 0.2) is 36.4 Å². The minimum Gasteiger partial charge on any atom is -0.490 e. The van der Waals surface area contributed by atoms with Crippen LogP contribution in [0.25, 0.3) is 21.1 Å². The Balaban J connectivity index is 1.69. The van der Waals surface area contributed by atoms with Crippen LogP contribution in [0.2, 0.25) is 0 Å². The van der Waals surface area contributed by atoms with Crippen LogP contribution in [0.1, 0.15) is 37.0 Å². The lowest BCUT2D eigenvalue weighted by atomic mass is 10.0. The first-order valence-electron chi connectivity index (χ1n) is 8.92. The first kappa shape index (κ1) is 16.9. The molecule has 1 aromatic heterocycles. The molecule has 0 atom stereocenters. The molecule has 132 valence electrons. The third-order valence-corrected chi connectivity index (χ3v) is 5.58. The van der Waals surface area contributed by atoms with Crippen LogP contribution >= 0.6 is 11.3 Å². The largest absolute Gasteiger partial charge is 0.490 e. The normalized spacial score (nSPS) is 13.0. The van der Waals surface area contributed by atoms with Gasteiger partial charge in [0.15, 0.2) is 0 Å². The molecule has 0 unspecified atom stereocenters. The number of ether oxygens (including phenoxy) is 1. The highest BCUT2D eigenvalue weighted by atomic mass is 32.1. The summed E-state index contributed by atoms with van der Waals surface area (Å²) in [5, 5.41) is 18.4. The molecule has 4 nitrogen and oxygen atoms in total. The van der Waals surface area contributed by atoms with E-state index in [9.17, 15) is 0 Å². The summed E-state index contributed by atoms with van der Waals surface area (Å²) in [6.45, 7) is 3.97. The molecule has 0 fully saturated rings. The van der Waals surface area contributed by atoms with Crippen molar-refractivity contribution in [2.45, 2.75) is 39.2 Å². The molecule has 1 aliphatic rings. The van der Waals surface area contributed by atoms with Crippen LogP contribution in [0.5, 0.6) is 5.75 Å². The molecule has 0 saturated heterocycles. The van der Waals surface area contributed by atoms with Gasteiger partial charge in [0.05, 0.1) is 6.10 Å². The SMILES string of the molecule is CC(C)Oc1ccc(-c2nnc(-c3cccc4c3CCC4)s2)cc1C=N. The maximum absolute atomic E-state index is 7.67. The molecule has 1 aliphatic carbocycles. The summed E-state index contributed by atoms with van der Waals surface area (Å²) in [7, 11) is 0. The predicted molar refractivity (Wildman–Crippen MR) is 106 cm³/mol. The van der Waals surface area contributed by atoms with E-state index in [2.05, 4.69) is 28.4 Å². The van der Waals surface area contributed by atoms with Crippen LogP contribution in [0.3, 0.4) is 0 Å². The fourth-order valence-electron chi connectivity index (χ4n) is 3.42. The average Bonchev–Trinajstić information content (AvgIpc) is 3.30. The number of fused-ring (bicyclic) bond motifs is 1. The topological polar surface area (TPSA) is 58.9 Å². The van der Waals surface area contributed by atoms with E-state index in [1.165, 1.54) is 29.3 Å². The Morgan fingerprint density at radius 1 is 1.12 bits per heavy atom. The van der Waals surface area contributed by atoms with Gasteiger partial charge in [0.2, 0.25) is 0 Å². The first-order chi connectivity index (χ1) is 12.7. The van der Waals surface area contributed by atoms with Crippen molar-refractivity contribution < 1.29 is 4.74 Å². The Bertz CT molecular complexity index is 962. The lowest BCUT2D eigenvalue weighted by molar-refractivity contribution is 0.242. The van der Waals surface area contributed by atoms with Crippen molar-refractivity contribution in [1.29, 1.82) is 5.41 Å². The highest BCUT2D eigenvalue weighted by Gasteiger charge is 2.18. The standard InChI is InChI=1S/C21H21N3OS/c1-13(2)25-19-10-9-15(11-16(19)12-22)20-23-24-21(26-20)18-8-4-6-14-5-3-7-17(14)18/h4,6,8-13,22H,3,5,7H2,1-2H3. The number of nitrogens with one attached hydrogen (secondary N) is 1. The van der Waals surface area contributed by atoms with Crippen molar-refractivity contribution in [3.8, 4) is 26.9 Å². The van der Waals surface area contributed by atoms with Crippen molar-refractivity contribution in [3.63, 3.8) is 0 Å². The maximum atomic E-state index is 7.67. The molecule has 0 saturated carbocycles. The van der Waals surface area contributed by atoms with Gasteiger partial charge in [0.25, 0.3) is 0 Å². The van der Waals surface area contributed by atoms with Crippen molar-refractivity contribution >= 4 is 17.6 Å². The molecule has 2 aromatic carbocycles. The van der Waals surface area contributed by atoms with E-state index in [4.69, 9.17) is 10.1 Å². The van der Waals surface area contributed by atoms with E-state index in [1.807, 2.05) is 32.0 Å². The van der Waals surface area contributed by atoms with E-state index >= 15 is 0 Å². The second-order valence-corrected chi connectivity index (χ2v) is 7.75. The lowest BCUT2D eigenvalue weighted by Crippen LogP contribution is -2.07. The second-order valence-electron chi connectivity index (χ2n) is 6.77. The summed E-state index contributed by atoms with van der Waals surface area (Å²) in [6.07, 6.45) is 4.91. The summed E-state index contributed by atoms with van der Waals surface area (Å²) in [4.78, 5) is 0. The molecule has 26 heavy (non-hydrogen) atoms. The summed E-state index contributed by atoms with van der Waals surface area (Å²) in [5.74, 6) is 0.726. The Morgan fingerprint density at radius 2 is 1.96 bits per heavy atom. The van der Waals surface area contributed by atoms with Gasteiger partial charge in [-0.15, -0.1) is 10.2 Å². The van der Waals surface area contributed by atoms with E-state index in [0.29, 0.717) is 0 Å². The molecule has 0 amide bonds. The van der Waals surface area contributed by atoms with Crippen LogP contribution < -0.4 is 4.74 Å². The van der Waals surface area contributed by atoms with Crippen LogP contribution in [-0.4, -0.2) is 22.5 Å². The number of nitrogens with zero attached hydrogens (tertiary/aromatic N) is 2. The quantitative estimate of drug-likeness (QED) is 0.638. The molecular formula is C21H21N3OS. The van der Waals surface area contributed by atoms with Gasteiger partial charge in [-0.05, 0) is 62.4 Å². The van der Waals surface area contributed by atoms with Crippen molar-refractivity contribution in [2.75, 3.05) is 0 Å². The molecule has 0 spiro atoms. The molecule has 0 bridgehead atoms. The molecule has 4 rings (SSSR count). The average molecular weight is 363 g/mol. The van der Waals surface area contributed by atoms with Crippen molar-refractivity contribution in [3.05, 3.63) is 53.1 Å². The molecular weight excluding hydrogens is 342 g/mol. The van der Waals surface area contributed by atoms with Crippen molar-refractivity contribution in [1.82, 2.24) is 10.2 Å². The summed E-state index contributed by atoms with van der Waals surface area (Å²) in [5.41, 5.74) is 5.82. The van der Waals surface area contributed by atoms with Crippen LogP contribution in [0.4, 0.5) is 0 Å². The molecule has 3 aromatic rings. The van der Waals surface area contributed by atoms with Gasteiger partial charge >= 0.3 is 0 Å². The maximum Gasteiger partial charge on any atom is 0.148 e. The number of benzene rings is 2. The minimum absolute atomic E-state index is 0.0767. The molecule has 1 N–H and O–H groups in total. The fourth-order valence-corrected chi connectivity index (χ4v) is 4.32. The molecule has 1 heterocycles. The minimum atomic E-state index is 0.0767. The van der Waals surface area contributed by atoms with Gasteiger partial charge in [-0.3, -0.25) is 0 Å². The summed E-state index contributed by atoms with van der Waals surface area (Å²) < 4.78 is 5.77. The van der Waals surface area contributed by atoms with Gasteiger partial charge in [-0.1, -0.05) is 29.5 Å². The smallest absolute Gasteiger partial charge is 0.148 e. The molecule has 5 heteroatoms. The van der Waals surface area contributed by atoms with E-state index in [-0.39, 0.29) is 6.10 Å². The zero-order valence-electron chi connectivity index (χ0n) is 15.0. The molecule has 0 radical (unpaired) electrons. The lowest BCUT2D eigenvalue weighted by Gasteiger charge is -2.12. The van der Waals surface area contributed by atoms with E-state index < -0.39 is 0 Å². The van der Waals surface area contributed by atoms with Gasteiger partial charge in [-0.25, -0.2) is 0 Å². The highest BCUT2D eigenvalue weighted by molar-refractivity contribution is 7.17. The number of aromatic nitrogens is 2. The summed E-state index contributed by atoms with van der Waals surface area (Å²) >= 11 is 1.61. The predicted octanol–water partition coefficient (Wildman–Crippen LogP) is 5.15. The summed E-state index contributed by atoms with van der Waals surface area (Å²) in [6, 6.07) is 12.3. The number of hydrogen-bond acceptors (Lipinski definition) is 5. The fraction of sp³-hybridized carbons (Fsp3) is 0.286. The van der Waals surface area contributed by atoms with Crippen LogP contribution in [-0.2, 0) is 12.8 Å². The van der Waals surface area contributed by atoms with Gasteiger partial charge in [0, 0.05) is 22.9 Å². The van der Waals surface area contributed by atoms with Crippen molar-refractivity contribution in [2.24, 2.45) is 0 Å². The van der Waals surface area contributed by atoms with Gasteiger partial charge < -0.3 is 10.1 Å². The zero-order valence-corrected chi connectivity index (χ0v) is 15.8. The molecule has 0 aliphatic heterocycles. The van der Waals surface area contributed by atoms with Crippen LogP contribution in [0, 0.1) is 5.41 Å². The Kier molecular flexibility index (Phi) is 4.55. The van der Waals surface area contributed by atoms with E-state index in [0.717, 1.165) is 39.7 Å². The zero-order chi connectivity index (χ0) is 18.1. The second kappa shape index (κ2) is 7.00. The Hall–Kier alpha value is -2.53. The first-order valence-corrected chi connectivity index (χ1v) is 9.73. The third-order valence-electron chi connectivity index (χ3n) is 4.58. The number of hydrogen-bond donors (Lipinski definition) is 1. The highest BCUT2D eigenvalue weighted by Crippen LogP contribution is 2.36. The van der Waals surface area contributed by atoms with E-state index in [1.54, 1.807) is 11.3 Å². The third kappa shape index (κ3) is 3.15. The Morgan fingerprint density at radius 3 is 2.77 bits per heavy atom. The van der Waals surface area contributed by atoms with Gasteiger partial charge in [-0.2, -0.15) is 0 Å².